The Morgan fingerprint density at radius 3 is 0.709 bits per heavy atom. The summed E-state index contributed by atoms with van der Waals surface area (Å²) in [4.78, 5) is 54.5. The van der Waals surface area contributed by atoms with Crippen molar-refractivity contribution in [2.45, 2.75) is 234 Å². The standard InChI is InChI=1S/C64H88O15/c1-57(2,3)43-29-37(30-44(49(43)65)58(4,5)6)51-47(35-25-39(71-53(67)76-61(13,14)15)33-40(26-35)72-54(68)77-62(16,17)18)48(52(75-51)38-31-45(59(7,8)9)50(66)46(32-38)60(10,11)12)36-27-41(73-55(69)78-63(19,20)21)34-42(28-36)74-56(70)79-64(22,23)24/h25-34,47-48,51-52,65-66H,1-24H3/t47-,48-,51-,52+/m1/s1. The van der Waals surface area contributed by atoms with Gasteiger partial charge >= 0.3 is 24.6 Å². The number of carbonyl (C=O) groups excluding carboxylic acids is 4. The number of phenols is 2. The molecule has 434 valence electrons. The Morgan fingerprint density at radius 1 is 0.329 bits per heavy atom. The van der Waals surface area contributed by atoms with E-state index in [4.69, 9.17) is 42.6 Å². The molecule has 0 spiro atoms. The first kappa shape index (κ1) is 63.4. The van der Waals surface area contributed by atoms with Crippen LogP contribution in [-0.2, 0) is 45.3 Å². The molecule has 0 aromatic heterocycles. The van der Waals surface area contributed by atoms with Gasteiger partial charge in [0.2, 0.25) is 0 Å². The lowest BCUT2D eigenvalue weighted by Crippen LogP contribution is -2.27. The van der Waals surface area contributed by atoms with Crippen LogP contribution in [0.5, 0.6) is 34.5 Å². The van der Waals surface area contributed by atoms with E-state index in [0.29, 0.717) is 44.5 Å². The molecule has 4 aromatic carbocycles. The second kappa shape index (κ2) is 22.2. The van der Waals surface area contributed by atoms with Crippen LogP contribution in [-0.4, -0.2) is 57.2 Å². The predicted molar refractivity (Wildman–Crippen MR) is 303 cm³/mol. The van der Waals surface area contributed by atoms with Crippen molar-refractivity contribution in [1.29, 1.82) is 0 Å². The van der Waals surface area contributed by atoms with Gasteiger partial charge in [-0.1, -0.05) is 83.1 Å². The number of carbonyl (C=O) groups is 4. The maximum absolute atomic E-state index is 13.6. The molecule has 4 aromatic rings. The van der Waals surface area contributed by atoms with Crippen molar-refractivity contribution < 1.29 is 72.0 Å². The second-order valence-electron chi connectivity index (χ2n) is 28.7. The molecule has 1 saturated heterocycles. The number of aromatic hydroxyl groups is 2. The molecule has 1 aliphatic heterocycles. The second-order valence-corrected chi connectivity index (χ2v) is 28.7. The smallest absolute Gasteiger partial charge is 0.507 e. The highest BCUT2D eigenvalue weighted by molar-refractivity contribution is 5.69. The molecule has 0 aliphatic carbocycles. The maximum Gasteiger partial charge on any atom is 0.514 e. The van der Waals surface area contributed by atoms with Crippen molar-refractivity contribution in [1.82, 2.24) is 0 Å². The molecule has 5 rings (SSSR count). The van der Waals surface area contributed by atoms with Gasteiger partial charge in [0.15, 0.2) is 0 Å². The summed E-state index contributed by atoms with van der Waals surface area (Å²) in [5.41, 5.74) is -1.47. The fraction of sp³-hybridized carbons (Fsp3) is 0.562. The largest absolute Gasteiger partial charge is 0.514 e. The van der Waals surface area contributed by atoms with E-state index in [0.717, 1.165) is 0 Å². The molecule has 0 radical (unpaired) electrons. The molecule has 0 bridgehead atoms. The lowest BCUT2D eigenvalue weighted by molar-refractivity contribution is 0.0177. The number of benzene rings is 4. The van der Waals surface area contributed by atoms with Crippen LogP contribution in [0.4, 0.5) is 19.2 Å². The van der Waals surface area contributed by atoms with E-state index in [1.807, 2.05) is 107 Å². The predicted octanol–water partition coefficient (Wildman–Crippen LogP) is 16.9. The maximum atomic E-state index is 13.6. The average Bonchev–Trinajstić information content (AvgIpc) is 3.60. The van der Waals surface area contributed by atoms with Gasteiger partial charge in [-0.2, -0.15) is 0 Å². The normalized spacial score (nSPS) is 17.6. The summed E-state index contributed by atoms with van der Waals surface area (Å²) in [5.74, 6) is -1.80. The van der Waals surface area contributed by atoms with Crippen molar-refractivity contribution in [3.63, 3.8) is 0 Å². The molecule has 4 atom stereocenters. The lowest BCUT2D eigenvalue weighted by Gasteiger charge is -2.31. The quantitative estimate of drug-likeness (QED) is 0.0961. The van der Waals surface area contributed by atoms with Crippen molar-refractivity contribution in [3.8, 4) is 34.5 Å². The summed E-state index contributed by atoms with van der Waals surface area (Å²) in [7, 11) is 0. The fourth-order valence-electron chi connectivity index (χ4n) is 9.25. The van der Waals surface area contributed by atoms with Crippen LogP contribution >= 0.6 is 0 Å². The lowest BCUT2D eigenvalue weighted by atomic mass is 9.72. The molecule has 0 amide bonds. The molecule has 0 unspecified atom stereocenters. The molecule has 2 N–H and O–H groups in total. The van der Waals surface area contributed by atoms with Gasteiger partial charge < -0.3 is 52.8 Å². The Bertz CT molecular complexity index is 2550. The third-order valence-electron chi connectivity index (χ3n) is 12.4. The molecule has 1 aliphatic rings. The molecule has 79 heavy (non-hydrogen) atoms. The van der Waals surface area contributed by atoms with E-state index in [9.17, 15) is 29.4 Å². The van der Waals surface area contributed by atoms with Crippen molar-refractivity contribution >= 4 is 24.6 Å². The van der Waals surface area contributed by atoms with Crippen LogP contribution in [0.15, 0.2) is 60.7 Å². The minimum Gasteiger partial charge on any atom is -0.507 e. The minimum atomic E-state index is -1.03. The van der Waals surface area contributed by atoms with Gasteiger partial charge in [-0.3, -0.25) is 0 Å². The Balaban J connectivity index is 2.06. The van der Waals surface area contributed by atoms with Gasteiger partial charge in [-0.15, -0.1) is 0 Å². The Kier molecular flexibility index (Phi) is 17.8. The average molecular weight is 1100 g/mol. The minimum absolute atomic E-state index is 0.0617. The van der Waals surface area contributed by atoms with E-state index in [1.165, 1.54) is 12.1 Å². The number of hydrogen-bond donors (Lipinski definition) is 2. The topological polar surface area (TPSA) is 192 Å². The van der Waals surface area contributed by atoms with Gasteiger partial charge in [0.1, 0.15) is 56.9 Å². The van der Waals surface area contributed by atoms with Crippen LogP contribution in [0.3, 0.4) is 0 Å². The fourth-order valence-corrected chi connectivity index (χ4v) is 9.25. The molecule has 15 nitrogen and oxygen atoms in total. The van der Waals surface area contributed by atoms with E-state index < -0.39 is 92.7 Å². The zero-order valence-corrected chi connectivity index (χ0v) is 51.3. The SMILES string of the molecule is CC(C)(C)OC(=O)Oc1cc(OC(=O)OC(C)(C)C)cc([C@@H]2[C@@H](c3cc(OC(=O)OC(C)(C)C)cc(OC(=O)OC(C)(C)C)c3)[C@H](c3cc(C(C)(C)C)c(O)c(C(C)(C)C)c3)O[C@@H]2c2cc(C(C)(C)C)c(O)c(C(C)(C)C)c2)c1. The van der Waals surface area contributed by atoms with Crippen LogP contribution in [0.1, 0.15) is 235 Å². The molecular weight excluding hydrogens is 1010 g/mol. The van der Waals surface area contributed by atoms with E-state index in [1.54, 1.807) is 107 Å². The summed E-state index contributed by atoms with van der Waals surface area (Å²) in [6, 6.07) is 17.0. The van der Waals surface area contributed by atoms with E-state index in [2.05, 4.69) is 0 Å². The first-order valence-corrected chi connectivity index (χ1v) is 26.9. The van der Waals surface area contributed by atoms with Gasteiger partial charge in [-0.25, -0.2) is 19.2 Å². The third kappa shape index (κ3) is 17.3. The van der Waals surface area contributed by atoms with Gasteiger partial charge in [-0.05, 0) is 198 Å². The van der Waals surface area contributed by atoms with Gasteiger partial charge in [0.05, 0.1) is 12.2 Å². The Morgan fingerprint density at radius 2 is 0.532 bits per heavy atom. The number of hydrogen-bond acceptors (Lipinski definition) is 15. The molecular formula is C64H88O15. The van der Waals surface area contributed by atoms with Gasteiger partial charge in [0, 0.05) is 24.0 Å². The monoisotopic (exact) mass is 1100 g/mol. The zero-order chi connectivity index (χ0) is 60.1. The Hall–Kier alpha value is -6.48. The first-order valence-electron chi connectivity index (χ1n) is 26.9. The molecule has 1 heterocycles. The highest BCUT2D eigenvalue weighted by Gasteiger charge is 2.50. The van der Waals surface area contributed by atoms with Crippen molar-refractivity contribution in [2.75, 3.05) is 0 Å². The Labute approximate surface area is 468 Å². The highest BCUT2D eigenvalue weighted by Crippen LogP contribution is 2.61. The van der Waals surface area contributed by atoms with E-state index in [-0.39, 0.29) is 34.5 Å². The number of rotatable bonds is 8. The summed E-state index contributed by atoms with van der Waals surface area (Å²) < 4.78 is 53.9. The van der Waals surface area contributed by atoms with E-state index >= 15 is 0 Å². The molecule has 0 saturated carbocycles. The van der Waals surface area contributed by atoms with Crippen LogP contribution < -0.4 is 18.9 Å². The third-order valence-corrected chi connectivity index (χ3v) is 12.4. The van der Waals surface area contributed by atoms with Crippen molar-refractivity contribution in [3.05, 3.63) is 105 Å². The number of phenolic OH excluding ortho intramolecular Hbond substituents is 2. The van der Waals surface area contributed by atoms with Crippen LogP contribution in [0.25, 0.3) is 0 Å². The summed E-state index contributed by atoms with van der Waals surface area (Å²) in [6.07, 6.45) is -6.08. The summed E-state index contributed by atoms with van der Waals surface area (Å²) in [5, 5.41) is 24.3. The van der Waals surface area contributed by atoms with Crippen LogP contribution in [0, 0.1) is 0 Å². The highest BCUT2D eigenvalue weighted by atomic mass is 16.8. The molecule has 15 heteroatoms. The number of ether oxygens (including phenoxy) is 9. The summed E-state index contributed by atoms with van der Waals surface area (Å²) >= 11 is 0. The summed E-state index contributed by atoms with van der Waals surface area (Å²) in [6.45, 7) is 44.5. The zero-order valence-electron chi connectivity index (χ0n) is 51.3. The van der Waals surface area contributed by atoms with Crippen LogP contribution in [0.2, 0.25) is 0 Å². The first-order chi connectivity index (χ1) is 35.6. The van der Waals surface area contributed by atoms with Crippen molar-refractivity contribution in [2.24, 2.45) is 0 Å². The van der Waals surface area contributed by atoms with Gasteiger partial charge in [0.25, 0.3) is 0 Å². The molecule has 1 fully saturated rings.